The van der Waals surface area contributed by atoms with E-state index in [1.807, 2.05) is 0 Å². The van der Waals surface area contributed by atoms with Gasteiger partial charge in [0, 0.05) is 5.41 Å². The predicted octanol–water partition coefficient (Wildman–Crippen LogP) is 3.38. The topological polar surface area (TPSA) is 124 Å². The molecule has 0 amide bonds. The maximum atomic E-state index is 12.5. The average molecular weight is 374 g/mol. The molecule has 0 radical (unpaired) electrons. The zero-order chi connectivity index (χ0) is 19.0. The maximum Gasteiger partial charge on any atom is 0.370 e. The molecule has 0 saturated carbocycles. The van der Waals surface area contributed by atoms with Crippen LogP contribution in [0.15, 0.2) is 0 Å². The average Bonchev–Trinajstić information content (AvgIpc) is 2.22. The van der Waals surface area contributed by atoms with Gasteiger partial charge in [-0.3, -0.25) is 9.13 Å². The van der Waals surface area contributed by atoms with Crippen molar-refractivity contribution < 1.29 is 33.4 Å². The molecule has 0 saturated heterocycles. The van der Waals surface area contributed by atoms with Crippen LogP contribution in [-0.4, -0.2) is 30.8 Å². The lowest BCUT2D eigenvalue weighted by Gasteiger charge is -2.57. The second kappa shape index (κ2) is 7.25. The largest absolute Gasteiger partial charge is 0.370 e. The fraction of sp³-hybridized carbons (Fsp3) is 1.00. The van der Waals surface area contributed by atoms with E-state index in [4.69, 9.17) is 4.74 Å². The van der Waals surface area contributed by atoms with E-state index in [9.17, 15) is 28.7 Å². The van der Waals surface area contributed by atoms with Gasteiger partial charge in [-0.15, -0.1) is 0 Å². The van der Waals surface area contributed by atoms with Crippen LogP contribution in [0, 0.1) is 23.2 Å². The molecule has 0 aliphatic carbocycles. The van der Waals surface area contributed by atoms with Gasteiger partial charge in [0.05, 0.1) is 6.10 Å². The Morgan fingerprint density at radius 1 is 0.696 bits per heavy atom. The van der Waals surface area contributed by atoms with Crippen LogP contribution in [0.5, 0.6) is 0 Å². The Morgan fingerprint density at radius 2 is 0.957 bits per heavy atom. The highest BCUT2D eigenvalue weighted by atomic mass is 31.2. The number of ether oxygens (including phenoxy) is 1. The van der Waals surface area contributed by atoms with Crippen LogP contribution in [0.25, 0.3) is 0 Å². The van der Waals surface area contributed by atoms with Gasteiger partial charge in [0.15, 0.2) is 0 Å². The van der Waals surface area contributed by atoms with Crippen LogP contribution in [0.1, 0.15) is 55.4 Å². The summed E-state index contributed by atoms with van der Waals surface area (Å²) in [7, 11) is -10.7. The molecule has 0 heterocycles. The van der Waals surface area contributed by atoms with E-state index in [2.05, 4.69) is 0 Å². The second-order valence-corrected chi connectivity index (χ2v) is 11.0. The van der Waals surface area contributed by atoms with Crippen molar-refractivity contribution in [2.24, 2.45) is 23.2 Å². The van der Waals surface area contributed by atoms with Gasteiger partial charge in [-0.25, -0.2) is 0 Å². The number of rotatable bonds is 8. The Balaban J connectivity index is 7.23. The Hall–Kier alpha value is 0.260. The van der Waals surface area contributed by atoms with Gasteiger partial charge < -0.3 is 24.3 Å². The molecule has 7 nitrogen and oxygen atoms in total. The summed E-state index contributed by atoms with van der Waals surface area (Å²) in [5.74, 6) is -1.33. The standard InChI is InChI=1S/C14H32O7P2/c1-9(2)13(10(3)4,11(5)6)14(21-12(7)8,22(15,16)17)23(18,19)20/h9-12H,1-8H3,(H2,15,16,17)(H2,18,19,20). The molecule has 0 aliphatic heterocycles. The Bertz CT molecular complexity index is 444. The molecule has 0 spiro atoms. The summed E-state index contributed by atoms with van der Waals surface area (Å²) in [5.41, 5.74) is -1.44. The van der Waals surface area contributed by atoms with Crippen molar-refractivity contribution in [2.75, 3.05) is 0 Å². The summed E-state index contributed by atoms with van der Waals surface area (Å²) in [6.45, 7) is 13.3. The van der Waals surface area contributed by atoms with Crippen molar-refractivity contribution in [3.05, 3.63) is 0 Å². The molecule has 0 aromatic heterocycles. The normalized spacial score (nSPS) is 15.3. The lowest BCUT2D eigenvalue weighted by molar-refractivity contribution is -0.139. The minimum Gasteiger partial charge on any atom is -0.349 e. The smallest absolute Gasteiger partial charge is 0.349 e. The summed E-state index contributed by atoms with van der Waals surface area (Å²) >= 11 is 0. The van der Waals surface area contributed by atoms with Crippen LogP contribution in [0.2, 0.25) is 0 Å². The van der Waals surface area contributed by atoms with Crippen LogP contribution in [0.3, 0.4) is 0 Å². The molecule has 9 heteroatoms. The van der Waals surface area contributed by atoms with Gasteiger partial charge in [0.25, 0.3) is 5.08 Å². The molecule has 0 rings (SSSR count). The van der Waals surface area contributed by atoms with Gasteiger partial charge in [0.2, 0.25) is 0 Å². The Kier molecular flexibility index (Phi) is 7.33. The van der Waals surface area contributed by atoms with E-state index in [-0.39, 0.29) is 0 Å². The fourth-order valence-corrected chi connectivity index (χ4v) is 8.98. The third-order valence-electron chi connectivity index (χ3n) is 4.62. The van der Waals surface area contributed by atoms with E-state index in [1.165, 1.54) is 13.8 Å². The third kappa shape index (κ3) is 3.62. The molecule has 0 fully saturated rings. The zero-order valence-electron chi connectivity index (χ0n) is 15.2. The highest BCUT2D eigenvalue weighted by molar-refractivity contribution is 7.72. The first kappa shape index (κ1) is 23.3. The first-order valence-corrected chi connectivity index (χ1v) is 11.0. The van der Waals surface area contributed by atoms with E-state index in [0.717, 1.165) is 0 Å². The Labute approximate surface area is 139 Å². The summed E-state index contributed by atoms with van der Waals surface area (Å²) in [4.78, 5) is 40.4. The SMILES string of the molecule is CC(C)OC(C(C(C)C)(C(C)C)C(C)C)(P(=O)(O)O)P(=O)(O)O. The summed E-state index contributed by atoms with van der Waals surface area (Å²) in [6, 6.07) is 0. The molecular formula is C14H32O7P2. The monoisotopic (exact) mass is 374 g/mol. The lowest BCUT2D eigenvalue weighted by Crippen LogP contribution is -2.59. The minimum atomic E-state index is -5.35. The van der Waals surface area contributed by atoms with Crippen molar-refractivity contribution >= 4 is 15.2 Å². The number of hydrogen-bond acceptors (Lipinski definition) is 3. The predicted molar refractivity (Wildman–Crippen MR) is 90.0 cm³/mol. The molecule has 0 unspecified atom stereocenters. The van der Waals surface area contributed by atoms with Gasteiger partial charge >= 0.3 is 15.2 Å². The van der Waals surface area contributed by atoms with Gasteiger partial charge in [-0.2, -0.15) is 0 Å². The van der Waals surface area contributed by atoms with Crippen LogP contribution in [-0.2, 0) is 13.9 Å². The Morgan fingerprint density at radius 3 is 1.09 bits per heavy atom. The maximum absolute atomic E-state index is 12.5. The van der Waals surface area contributed by atoms with Gasteiger partial charge in [-0.1, -0.05) is 41.5 Å². The molecule has 0 aromatic carbocycles. The molecule has 0 aliphatic rings. The van der Waals surface area contributed by atoms with Crippen LogP contribution < -0.4 is 0 Å². The van der Waals surface area contributed by atoms with Gasteiger partial charge in [0.1, 0.15) is 0 Å². The summed E-state index contributed by atoms with van der Waals surface area (Å²) in [6.07, 6.45) is -0.772. The van der Waals surface area contributed by atoms with E-state index < -0.39 is 49.5 Å². The van der Waals surface area contributed by atoms with Gasteiger partial charge in [-0.05, 0) is 31.6 Å². The molecule has 0 aromatic rings. The highest BCUT2D eigenvalue weighted by Gasteiger charge is 2.75. The fourth-order valence-electron chi connectivity index (χ4n) is 4.37. The second-order valence-electron chi connectivity index (χ2n) is 7.26. The minimum absolute atomic E-state index is 0.443. The van der Waals surface area contributed by atoms with E-state index in [0.29, 0.717) is 0 Å². The van der Waals surface area contributed by atoms with E-state index in [1.54, 1.807) is 41.5 Å². The zero-order valence-corrected chi connectivity index (χ0v) is 17.0. The van der Waals surface area contributed by atoms with Crippen LogP contribution >= 0.6 is 15.2 Å². The van der Waals surface area contributed by atoms with Crippen LogP contribution in [0.4, 0.5) is 0 Å². The lowest BCUT2D eigenvalue weighted by atomic mass is 9.62. The van der Waals surface area contributed by atoms with Crippen molar-refractivity contribution in [1.82, 2.24) is 0 Å². The number of hydrogen-bond donors (Lipinski definition) is 4. The van der Waals surface area contributed by atoms with Crippen molar-refractivity contribution in [3.8, 4) is 0 Å². The first-order chi connectivity index (χ1) is 10.00. The van der Waals surface area contributed by atoms with Crippen molar-refractivity contribution in [1.29, 1.82) is 0 Å². The third-order valence-corrected chi connectivity index (χ3v) is 8.75. The summed E-state index contributed by atoms with van der Waals surface area (Å²) < 4.78 is 30.4. The molecule has 23 heavy (non-hydrogen) atoms. The molecular weight excluding hydrogens is 342 g/mol. The van der Waals surface area contributed by atoms with E-state index >= 15 is 0 Å². The molecule has 140 valence electrons. The summed E-state index contributed by atoms with van der Waals surface area (Å²) in [5, 5.41) is -2.89. The molecule has 0 bridgehead atoms. The quantitative estimate of drug-likeness (QED) is 0.480. The highest BCUT2D eigenvalue weighted by Crippen LogP contribution is 2.80. The van der Waals surface area contributed by atoms with Crippen molar-refractivity contribution in [2.45, 2.75) is 66.6 Å². The molecule has 0 atom stereocenters. The first-order valence-electron chi connectivity index (χ1n) is 7.79. The van der Waals surface area contributed by atoms with Crippen molar-refractivity contribution in [3.63, 3.8) is 0 Å². The molecule has 4 N–H and O–H groups in total.